The molecule has 0 radical (unpaired) electrons. The maximum Gasteiger partial charge on any atom is 0.354 e. The van der Waals surface area contributed by atoms with Crippen molar-refractivity contribution in [2.24, 2.45) is 0 Å². The van der Waals surface area contributed by atoms with Crippen LogP contribution in [0.5, 0.6) is 0 Å². The van der Waals surface area contributed by atoms with E-state index in [1.165, 1.54) is 16.8 Å². The van der Waals surface area contributed by atoms with Gasteiger partial charge in [-0.1, -0.05) is 19.9 Å². The molecule has 9 heteroatoms. The van der Waals surface area contributed by atoms with E-state index in [1.54, 1.807) is 24.4 Å². The highest BCUT2D eigenvalue weighted by atomic mass is 19.1. The molecule has 186 valence electrons. The number of hydrogen-bond donors (Lipinski definition) is 1. The van der Waals surface area contributed by atoms with Crippen LogP contribution in [0.25, 0.3) is 27.8 Å². The molecular weight excluding hydrogens is 461 g/mol. The van der Waals surface area contributed by atoms with Crippen molar-refractivity contribution in [3.63, 3.8) is 0 Å². The number of benzene rings is 1. The van der Waals surface area contributed by atoms with Crippen LogP contribution in [0.2, 0.25) is 0 Å². The van der Waals surface area contributed by atoms with Gasteiger partial charge in [0.2, 0.25) is 0 Å². The van der Waals surface area contributed by atoms with Crippen LogP contribution in [0.1, 0.15) is 48.8 Å². The summed E-state index contributed by atoms with van der Waals surface area (Å²) >= 11 is 0. The number of ether oxygens (including phenoxy) is 1. The van der Waals surface area contributed by atoms with Gasteiger partial charge < -0.3 is 14.7 Å². The van der Waals surface area contributed by atoms with Gasteiger partial charge in [-0.3, -0.25) is 0 Å². The molecule has 0 atom stereocenters. The lowest BCUT2D eigenvalue weighted by Gasteiger charge is -2.32. The number of fused-ring (bicyclic) bond motifs is 1. The Bertz CT molecular complexity index is 1410. The van der Waals surface area contributed by atoms with E-state index < -0.39 is 11.8 Å². The standard InChI is InChI=1S/C27H28FN5O3/c1-16(2)25-24-21(17-7-8-23(29-15-17)32(3)19-9-11-36-12-10-19)14-22(27(34)35)30-26(24)33(31-25)20-6-4-5-18(28)13-20/h4-8,13-16,19H,9-12H2,1-3H3,(H,34,35). The van der Waals surface area contributed by atoms with Crippen LogP contribution in [0.4, 0.5) is 10.2 Å². The van der Waals surface area contributed by atoms with Crippen molar-refractivity contribution in [2.45, 2.75) is 38.6 Å². The predicted molar refractivity (Wildman–Crippen MR) is 135 cm³/mol. The number of aromatic nitrogens is 4. The highest BCUT2D eigenvalue weighted by molar-refractivity contribution is 6.00. The molecule has 0 amide bonds. The number of rotatable bonds is 6. The minimum Gasteiger partial charge on any atom is -0.477 e. The van der Waals surface area contributed by atoms with Gasteiger partial charge in [-0.2, -0.15) is 5.10 Å². The number of carboxylic acid groups (broad SMARTS) is 1. The number of pyridine rings is 2. The molecule has 8 nitrogen and oxygen atoms in total. The Morgan fingerprint density at radius 3 is 2.61 bits per heavy atom. The molecule has 4 aromatic rings. The summed E-state index contributed by atoms with van der Waals surface area (Å²) in [5.41, 5.74) is 2.90. The Morgan fingerprint density at radius 2 is 1.97 bits per heavy atom. The Labute approximate surface area is 208 Å². The molecular formula is C27H28FN5O3. The summed E-state index contributed by atoms with van der Waals surface area (Å²) in [7, 11) is 2.03. The molecule has 0 spiro atoms. The molecule has 5 rings (SSSR count). The second kappa shape index (κ2) is 9.66. The summed E-state index contributed by atoms with van der Waals surface area (Å²) < 4.78 is 21.0. The first-order valence-corrected chi connectivity index (χ1v) is 12.0. The van der Waals surface area contributed by atoms with E-state index in [-0.39, 0.29) is 11.6 Å². The minimum atomic E-state index is -1.15. The topological polar surface area (TPSA) is 93.4 Å². The Hall–Kier alpha value is -3.85. The van der Waals surface area contributed by atoms with Crippen molar-refractivity contribution in [2.75, 3.05) is 25.2 Å². The molecule has 0 aliphatic carbocycles. The number of nitrogens with zero attached hydrogens (tertiary/aromatic N) is 5. The molecule has 1 aromatic carbocycles. The van der Waals surface area contributed by atoms with E-state index in [1.807, 2.05) is 33.0 Å². The van der Waals surface area contributed by atoms with Crippen LogP contribution in [-0.4, -0.2) is 57.1 Å². The first kappa shape index (κ1) is 23.9. The Balaban J connectivity index is 1.66. The smallest absolute Gasteiger partial charge is 0.354 e. The van der Waals surface area contributed by atoms with E-state index in [2.05, 4.69) is 9.88 Å². The zero-order valence-electron chi connectivity index (χ0n) is 20.5. The average Bonchev–Trinajstić information content (AvgIpc) is 3.28. The SMILES string of the molecule is CC(C)c1nn(-c2cccc(F)c2)c2nc(C(=O)O)cc(-c3ccc(N(C)C4CCOCC4)nc3)c12. The van der Waals surface area contributed by atoms with Gasteiger partial charge in [-0.15, -0.1) is 0 Å². The predicted octanol–water partition coefficient (Wildman–Crippen LogP) is 5.06. The second-order valence-corrected chi connectivity index (χ2v) is 9.35. The van der Waals surface area contributed by atoms with Gasteiger partial charge in [0, 0.05) is 38.1 Å². The van der Waals surface area contributed by atoms with Gasteiger partial charge in [0.15, 0.2) is 11.3 Å². The van der Waals surface area contributed by atoms with Crippen molar-refractivity contribution < 1.29 is 19.0 Å². The highest BCUT2D eigenvalue weighted by Gasteiger charge is 2.24. The fourth-order valence-electron chi connectivity index (χ4n) is 4.69. The molecule has 1 N–H and O–H groups in total. The molecule has 1 fully saturated rings. The summed E-state index contributed by atoms with van der Waals surface area (Å²) in [5.74, 6) is -0.704. The Morgan fingerprint density at radius 1 is 1.19 bits per heavy atom. The quantitative estimate of drug-likeness (QED) is 0.405. The van der Waals surface area contributed by atoms with Gasteiger partial charge >= 0.3 is 5.97 Å². The third-order valence-electron chi connectivity index (χ3n) is 6.64. The summed E-state index contributed by atoms with van der Waals surface area (Å²) in [6.45, 7) is 5.51. The third-order valence-corrected chi connectivity index (χ3v) is 6.64. The van der Waals surface area contributed by atoms with E-state index in [0.717, 1.165) is 48.5 Å². The van der Waals surface area contributed by atoms with E-state index in [9.17, 15) is 14.3 Å². The van der Waals surface area contributed by atoms with E-state index in [0.29, 0.717) is 22.9 Å². The number of hydrogen-bond acceptors (Lipinski definition) is 6. The molecule has 1 aliphatic rings. The summed E-state index contributed by atoms with van der Waals surface area (Å²) in [5, 5.41) is 15.3. The maximum atomic E-state index is 14.0. The average molecular weight is 490 g/mol. The van der Waals surface area contributed by atoms with Crippen LogP contribution in [0.3, 0.4) is 0 Å². The molecule has 0 bridgehead atoms. The first-order chi connectivity index (χ1) is 17.3. The lowest BCUT2D eigenvalue weighted by atomic mass is 9.98. The number of carbonyl (C=O) groups is 1. The molecule has 4 heterocycles. The van der Waals surface area contributed by atoms with Crippen LogP contribution < -0.4 is 4.90 Å². The molecule has 1 aliphatic heterocycles. The van der Waals surface area contributed by atoms with Gasteiger partial charge in [0.25, 0.3) is 0 Å². The van der Waals surface area contributed by atoms with Crippen LogP contribution >= 0.6 is 0 Å². The van der Waals surface area contributed by atoms with Crippen molar-refractivity contribution in [3.05, 3.63) is 65.9 Å². The molecule has 1 saturated heterocycles. The zero-order valence-corrected chi connectivity index (χ0v) is 20.5. The molecule has 36 heavy (non-hydrogen) atoms. The van der Waals surface area contributed by atoms with Gasteiger partial charge in [0.05, 0.1) is 16.8 Å². The maximum absolute atomic E-state index is 14.0. The van der Waals surface area contributed by atoms with Crippen LogP contribution in [0, 0.1) is 5.82 Å². The highest BCUT2D eigenvalue weighted by Crippen LogP contribution is 2.36. The van der Waals surface area contributed by atoms with Crippen molar-refractivity contribution in [3.8, 4) is 16.8 Å². The monoisotopic (exact) mass is 489 g/mol. The van der Waals surface area contributed by atoms with Gasteiger partial charge in [-0.25, -0.2) is 23.8 Å². The lowest BCUT2D eigenvalue weighted by molar-refractivity contribution is 0.0691. The molecule has 0 saturated carbocycles. The molecule has 3 aromatic heterocycles. The number of anilines is 1. The number of carboxylic acids is 1. The third kappa shape index (κ3) is 4.42. The number of halogens is 1. The van der Waals surface area contributed by atoms with E-state index in [4.69, 9.17) is 14.8 Å². The fourth-order valence-corrected chi connectivity index (χ4v) is 4.69. The summed E-state index contributed by atoms with van der Waals surface area (Å²) in [6, 6.07) is 11.8. The Kier molecular flexibility index (Phi) is 6.40. The van der Waals surface area contributed by atoms with Crippen molar-refractivity contribution in [1.29, 1.82) is 0 Å². The van der Waals surface area contributed by atoms with Crippen molar-refractivity contribution in [1.82, 2.24) is 19.7 Å². The molecule has 0 unspecified atom stereocenters. The summed E-state index contributed by atoms with van der Waals surface area (Å²) in [6.07, 6.45) is 3.66. The number of aromatic carboxylic acids is 1. The van der Waals surface area contributed by atoms with Crippen LogP contribution in [0.15, 0.2) is 48.7 Å². The van der Waals surface area contributed by atoms with E-state index >= 15 is 0 Å². The fraction of sp³-hybridized carbons (Fsp3) is 0.333. The van der Waals surface area contributed by atoms with Gasteiger partial charge in [0.1, 0.15) is 11.6 Å². The largest absolute Gasteiger partial charge is 0.477 e. The zero-order chi connectivity index (χ0) is 25.4. The second-order valence-electron chi connectivity index (χ2n) is 9.35. The normalized spacial score (nSPS) is 14.5. The van der Waals surface area contributed by atoms with Crippen molar-refractivity contribution >= 4 is 22.8 Å². The first-order valence-electron chi connectivity index (χ1n) is 12.0. The van der Waals surface area contributed by atoms with Gasteiger partial charge in [-0.05, 0) is 60.7 Å². The lowest BCUT2D eigenvalue weighted by Crippen LogP contribution is -2.37. The summed E-state index contributed by atoms with van der Waals surface area (Å²) in [4.78, 5) is 23.3. The van der Waals surface area contributed by atoms with Crippen LogP contribution in [-0.2, 0) is 4.74 Å². The minimum absolute atomic E-state index is 0.0189.